The summed E-state index contributed by atoms with van der Waals surface area (Å²) in [6, 6.07) is 12.9. The summed E-state index contributed by atoms with van der Waals surface area (Å²) in [5.41, 5.74) is 1.15. The Morgan fingerprint density at radius 2 is 2.03 bits per heavy atom. The summed E-state index contributed by atoms with van der Waals surface area (Å²) in [5.74, 6) is -0.906. The van der Waals surface area contributed by atoms with E-state index in [0.29, 0.717) is 13.2 Å². The van der Waals surface area contributed by atoms with Crippen LogP contribution in [0.1, 0.15) is 15.9 Å². The third-order valence-corrected chi connectivity index (χ3v) is 4.35. The number of benzene rings is 1. The van der Waals surface area contributed by atoms with Gasteiger partial charge in [0, 0.05) is 32.4 Å². The van der Waals surface area contributed by atoms with Crippen molar-refractivity contribution in [1.29, 1.82) is 0 Å². The smallest absolute Gasteiger partial charge is 0.422 e. The van der Waals surface area contributed by atoms with Gasteiger partial charge >= 0.3 is 6.18 Å². The number of rotatable bonds is 7. The molecule has 1 aliphatic rings. The molecule has 9 heteroatoms. The summed E-state index contributed by atoms with van der Waals surface area (Å²) >= 11 is 0. The average molecular weight is 409 g/mol. The molecule has 3 rings (SSSR count). The van der Waals surface area contributed by atoms with E-state index >= 15 is 0 Å². The molecule has 6 nitrogen and oxygen atoms in total. The fraction of sp³-hybridized carbons (Fsp3) is 0.400. The van der Waals surface area contributed by atoms with Crippen LogP contribution in [-0.4, -0.2) is 60.9 Å². The summed E-state index contributed by atoms with van der Waals surface area (Å²) in [4.78, 5) is 18.4. The van der Waals surface area contributed by atoms with Crippen LogP contribution in [0.5, 0.6) is 5.88 Å². The van der Waals surface area contributed by atoms with Crippen molar-refractivity contribution in [3.63, 3.8) is 0 Å². The molecule has 1 fully saturated rings. The first-order chi connectivity index (χ1) is 13.9. The van der Waals surface area contributed by atoms with E-state index in [-0.39, 0.29) is 24.1 Å². The summed E-state index contributed by atoms with van der Waals surface area (Å²) < 4.78 is 47.5. The van der Waals surface area contributed by atoms with Gasteiger partial charge in [-0.2, -0.15) is 13.2 Å². The predicted molar refractivity (Wildman–Crippen MR) is 99.6 cm³/mol. The van der Waals surface area contributed by atoms with Crippen LogP contribution >= 0.6 is 0 Å². The quantitative estimate of drug-likeness (QED) is 0.762. The predicted octanol–water partition coefficient (Wildman–Crippen LogP) is 2.65. The molecule has 1 aliphatic heterocycles. The number of carbonyl (C=O) groups excluding carboxylic acids is 1. The lowest BCUT2D eigenvalue weighted by Crippen LogP contribution is -2.47. The number of aromatic nitrogens is 1. The third-order valence-electron chi connectivity index (χ3n) is 4.35. The Kier molecular flexibility index (Phi) is 7.05. The van der Waals surface area contributed by atoms with Gasteiger partial charge in [-0.25, -0.2) is 4.98 Å². The minimum Gasteiger partial charge on any atom is -0.467 e. The van der Waals surface area contributed by atoms with Crippen LogP contribution in [0.25, 0.3) is 0 Å². The summed E-state index contributed by atoms with van der Waals surface area (Å²) in [7, 11) is 0. The molecule has 0 saturated carbocycles. The molecule has 1 N–H and O–H groups in total. The van der Waals surface area contributed by atoms with Crippen LogP contribution < -0.4 is 10.1 Å². The second-order valence-corrected chi connectivity index (χ2v) is 6.68. The molecule has 0 unspecified atom stereocenters. The lowest BCUT2D eigenvalue weighted by Gasteiger charge is -2.33. The van der Waals surface area contributed by atoms with Gasteiger partial charge in [0.25, 0.3) is 5.91 Å². The number of alkyl halides is 3. The number of hydrogen-bond donors (Lipinski definition) is 1. The van der Waals surface area contributed by atoms with Crippen molar-refractivity contribution in [3.8, 4) is 5.88 Å². The van der Waals surface area contributed by atoms with Gasteiger partial charge in [-0.1, -0.05) is 30.3 Å². The largest absolute Gasteiger partial charge is 0.467 e. The fourth-order valence-corrected chi connectivity index (χ4v) is 3.02. The number of carbonyl (C=O) groups is 1. The Balaban J connectivity index is 1.52. The number of amides is 1. The zero-order valence-electron chi connectivity index (χ0n) is 15.7. The van der Waals surface area contributed by atoms with Crippen molar-refractivity contribution < 1.29 is 27.4 Å². The molecule has 0 bridgehead atoms. The van der Waals surface area contributed by atoms with Crippen molar-refractivity contribution in [2.24, 2.45) is 0 Å². The number of nitrogens with zero attached hydrogens (tertiary/aromatic N) is 2. The average Bonchev–Trinajstić information content (AvgIpc) is 2.71. The van der Waals surface area contributed by atoms with E-state index in [9.17, 15) is 18.0 Å². The molecule has 0 aliphatic carbocycles. The summed E-state index contributed by atoms with van der Waals surface area (Å²) in [6.07, 6.45) is -3.45. The zero-order valence-corrected chi connectivity index (χ0v) is 15.7. The molecule has 0 spiro atoms. The Bertz CT molecular complexity index is 802. The van der Waals surface area contributed by atoms with Gasteiger partial charge in [0.15, 0.2) is 6.61 Å². The maximum absolute atomic E-state index is 12.4. The summed E-state index contributed by atoms with van der Waals surface area (Å²) in [6.45, 7) is 1.48. The van der Waals surface area contributed by atoms with Crippen LogP contribution in [0.3, 0.4) is 0 Å². The number of morpholine rings is 1. The van der Waals surface area contributed by atoms with Gasteiger partial charge < -0.3 is 14.8 Å². The fourth-order valence-electron chi connectivity index (χ4n) is 3.02. The summed E-state index contributed by atoms with van der Waals surface area (Å²) in [5, 5.41) is 2.70. The van der Waals surface area contributed by atoms with Gasteiger partial charge in [-0.05, 0) is 17.7 Å². The molecule has 2 aromatic rings. The Morgan fingerprint density at radius 3 is 2.79 bits per heavy atom. The van der Waals surface area contributed by atoms with Gasteiger partial charge in [-0.15, -0.1) is 0 Å². The first-order valence-electron chi connectivity index (χ1n) is 9.21. The van der Waals surface area contributed by atoms with E-state index in [1.165, 1.54) is 23.9 Å². The molecule has 2 heterocycles. The van der Waals surface area contributed by atoms with Gasteiger partial charge in [0.2, 0.25) is 5.88 Å². The number of nitrogens with one attached hydrogen (secondary N) is 1. The molecule has 1 aromatic carbocycles. The van der Waals surface area contributed by atoms with E-state index < -0.39 is 18.7 Å². The first kappa shape index (κ1) is 21.1. The molecule has 1 atom stereocenters. The highest BCUT2D eigenvalue weighted by Gasteiger charge is 2.30. The monoisotopic (exact) mass is 409 g/mol. The standard InChI is InChI=1S/C20H22F3N3O3/c21-20(22,23)14-29-19-17(7-4-8-24-19)18(27)25-11-16-13-26(9-10-28-16)12-15-5-2-1-3-6-15/h1-8,16H,9-14H2,(H,25,27)/t16-/m0/s1. The first-order valence-corrected chi connectivity index (χ1v) is 9.21. The van der Waals surface area contributed by atoms with Crippen LogP contribution in [0.2, 0.25) is 0 Å². The van der Waals surface area contributed by atoms with Gasteiger partial charge in [-0.3, -0.25) is 9.69 Å². The molecular formula is C20H22F3N3O3. The maximum Gasteiger partial charge on any atom is 0.422 e. The highest BCUT2D eigenvalue weighted by Crippen LogP contribution is 2.20. The minimum absolute atomic E-state index is 0.0475. The van der Waals surface area contributed by atoms with E-state index in [1.807, 2.05) is 18.2 Å². The van der Waals surface area contributed by atoms with E-state index in [0.717, 1.165) is 13.1 Å². The van der Waals surface area contributed by atoms with E-state index in [2.05, 4.69) is 32.1 Å². The van der Waals surface area contributed by atoms with Gasteiger partial charge in [0.1, 0.15) is 5.56 Å². The minimum atomic E-state index is -4.51. The third kappa shape index (κ3) is 6.72. The second kappa shape index (κ2) is 9.71. The zero-order chi connectivity index (χ0) is 20.7. The van der Waals surface area contributed by atoms with Crippen molar-refractivity contribution in [2.45, 2.75) is 18.8 Å². The van der Waals surface area contributed by atoms with Crippen LogP contribution in [0, 0.1) is 0 Å². The number of ether oxygens (including phenoxy) is 2. The Morgan fingerprint density at radius 1 is 1.24 bits per heavy atom. The molecule has 29 heavy (non-hydrogen) atoms. The molecule has 0 radical (unpaired) electrons. The SMILES string of the molecule is O=C(NC[C@H]1CN(Cc2ccccc2)CCO1)c1cccnc1OCC(F)(F)F. The van der Waals surface area contributed by atoms with Crippen molar-refractivity contribution in [1.82, 2.24) is 15.2 Å². The number of hydrogen-bond acceptors (Lipinski definition) is 5. The van der Waals surface area contributed by atoms with Crippen molar-refractivity contribution in [2.75, 3.05) is 32.8 Å². The van der Waals surface area contributed by atoms with Crippen LogP contribution in [0.15, 0.2) is 48.7 Å². The highest BCUT2D eigenvalue weighted by molar-refractivity contribution is 5.96. The highest BCUT2D eigenvalue weighted by atomic mass is 19.4. The maximum atomic E-state index is 12.4. The Hall–Kier alpha value is -2.65. The number of halogens is 3. The molecule has 1 aromatic heterocycles. The lowest BCUT2D eigenvalue weighted by atomic mass is 10.2. The van der Waals surface area contributed by atoms with Crippen molar-refractivity contribution in [3.05, 3.63) is 59.8 Å². The normalized spacial score (nSPS) is 17.7. The lowest BCUT2D eigenvalue weighted by molar-refractivity contribution is -0.154. The van der Waals surface area contributed by atoms with Crippen LogP contribution in [-0.2, 0) is 11.3 Å². The van der Waals surface area contributed by atoms with Gasteiger partial charge in [0.05, 0.1) is 12.7 Å². The van der Waals surface area contributed by atoms with E-state index in [4.69, 9.17) is 4.74 Å². The van der Waals surface area contributed by atoms with Crippen molar-refractivity contribution >= 4 is 5.91 Å². The molecular weight excluding hydrogens is 387 g/mol. The second-order valence-electron chi connectivity index (χ2n) is 6.68. The topological polar surface area (TPSA) is 63.7 Å². The molecule has 156 valence electrons. The van der Waals surface area contributed by atoms with E-state index in [1.54, 1.807) is 0 Å². The van der Waals surface area contributed by atoms with Crippen LogP contribution in [0.4, 0.5) is 13.2 Å². The molecule has 1 amide bonds. The Labute approximate surface area is 166 Å². The molecule has 1 saturated heterocycles. The number of pyridine rings is 1.